The van der Waals surface area contributed by atoms with Gasteiger partial charge in [0.15, 0.2) is 0 Å². The molecule has 2 atom stereocenters. The number of ether oxygens (including phenoxy) is 1. The Kier molecular flexibility index (Phi) is 4.76. The molecule has 2 aliphatic rings. The van der Waals surface area contributed by atoms with Gasteiger partial charge in [0.25, 0.3) is 0 Å². The first kappa shape index (κ1) is 16.1. The van der Waals surface area contributed by atoms with E-state index in [4.69, 9.17) is 4.74 Å². The van der Waals surface area contributed by atoms with Crippen molar-refractivity contribution >= 4 is 12.0 Å². The standard InChI is InChI=1S/C15H26N2O4/c1-15(2,13(18)19)11-5-4-7-16(9-11)14(20)17-8-6-12(10-17)21-3/h11-12H,4-10H2,1-3H3,(H,18,19). The van der Waals surface area contributed by atoms with Crippen molar-refractivity contribution < 1.29 is 19.4 Å². The fourth-order valence-corrected chi connectivity index (χ4v) is 3.21. The molecular formula is C15H26N2O4. The fourth-order valence-electron chi connectivity index (χ4n) is 3.21. The molecule has 6 heteroatoms. The summed E-state index contributed by atoms with van der Waals surface area (Å²) in [5.41, 5.74) is -0.793. The molecule has 0 bridgehead atoms. The van der Waals surface area contributed by atoms with Gasteiger partial charge in [-0.25, -0.2) is 4.79 Å². The van der Waals surface area contributed by atoms with Crippen molar-refractivity contribution in [3.05, 3.63) is 0 Å². The van der Waals surface area contributed by atoms with Crippen LogP contribution < -0.4 is 0 Å². The molecule has 21 heavy (non-hydrogen) atoms. The highest BCUT2D eigenvalue weighted by Gasteiger charge is 2.41. The Morgan fingerprint density at radius 2 is 1.81 bits per heavy atom. The summed E-state index contributed by atoms with van der Waals surface area (Å²) in [4.78, 5) is 27.6. The van der Waals surface area contributed by atoms with Gasteiger partial charge in [-0.05, 0) is 39.0 Å². The lowest BCUT2D eigenvalue weighted by Crippen LogP contribution is -2.50. The van der Waals surface area contributed by atoms with E-state index in [0.29, 0.717) is 13.1 Å². The van der Waals surface area contributed by atoms with Crippen molar-refractivity contribution in [2.45, 2.75) is 39.2 Å². The maximum absolute atomic E-state index is 12.6. The van der Waals surface area contributed by atoms with E-state index in [0.717, 1.165) is 32.4 Å². The molecular weight excluding hydrogens is 272 g/mol. The van der Waals surface area contributed by atoms with Crippen LogP contribution in [0.15, 0.2) is 0 Å². The lowest BCUT2D eigenvalue weighted by atomic mass is 9.74. The van der Waals surface area contributed by atoms with Gasteiger partial charge in [-0.2, -0.15) is 0 Å². The Hall–Kier alpha value is -1.30. The van der Waals surface area contributed by atoms with Crippen LogP contribution in [0.2, 0.25) is 0 Å². The number of nitrogens with zero attached hydrogens (tertiary/aromatic N) is 2. The first-order valence-electron chi connectivity index (χ1n) is 7.66. The van der Waals surface area contributed by atoms with E-state index in [-0.39, 0.29) is 18.1 Å². The lowest BCUT2D eigenvalue weighted by molar-refractivity contribution is -0.151. The van der Waals surface area contributed by atoms with Gasteiger partial charge >= 0.3 is 12.0 Å². The number of likely N-dealkylation sites (tertiary alicyclic amines) is 2. The van der Waals surface area contributed by atoms with E-state index in [1.807, 2.05) is 9.80 Å². The van der Waals surface area contributed by atoms with Crippen LogP contribution in [0.4, 0.5) is 4.79 Å². The van der Waals surface area contributed by atoms with Gasteiger partial charge in [0.1, 0.15) is 0 Å². The van der Waals surface area contributed by atoms with E-state index >= 15 is 0 Å². The Bertz CT molecular complexity index is 410. The second-order valence-corrected chi connectivity index (χ2v) is 6.69. The minimum absolute atomic E-state index is 0.00789. The van der Waals surface area contributed by atoms with Gasteiger partial charge in [-0.3, -0.25) is 4.79 Å². The molecule has 120 valence electrons. The Morgan fingerprint density at radius 1 is 1.14 bits per heavy atom. The Labute approximate surface area is 126 Å². The van der Waals surface area contributed by atoms with E-state index in [1.54, 1.807) is 21.0 Å². The number of carbonyl (C=O) groups excluding carboxylic acids is 1. The summed E-state index contributed by atoms with van der Waals surface area (Å²) < 4.78 is 5.30. The highest BCUT2D eigenvalue weighted by molar-refractivity contribution is 5.76. The van der Waals surface area contributed by atoms with Crippen LogP contribution in [0, 0.1) is 11.3 Å². The fraction of sp³-hybridized carbons (Fsp3) is 0.867. The zero-order valence-electron chi connectivity index (χ0n) is 13.2. The molecule has 0 aliphatic carbocycles. The normalized spacial score (nSPS) is 27.0. The van der Waals surface area contributed by atoms with E-state index in [2.05, 4.69) is 0 Å². The van der Waals surface area contributed by atoms with Crippen LogP contribution in [0.1, 0.15) is 33.1 Å². The molecule has 0 saturated carbocycles. The predicted octanol–water partition coefficient (Wildman–Crippen LogP) is 1.65. The van der Waals surface area contributed by atoms with Crippen LogP contribution in [-0.4, -0.2) is 66.3 Å². The van der Waals surface area contributed by atoms with Gasteiger partial charge in [-0.1, -0.05) is 0 Å². The van der Waals surface area contributed by atoms with Gasteiger partial charge in [0.05, 0.1) is 11.5 Å². The number of carboxylic acid groups (broad SMARTS) is 1. The maximum Gasteiger partial charge on any atom is 0.320 e. The molecule has 2 saturated heterocycles. The topological polar surface area (TPSA) is 70.1 Å². The molecule has 6 nitrogen and oxygen atoms in total. The summed E-state index contributed by atoms with van der Waals surface area (Å²) in [7, 11) is 1.67. The average molecular weight is 298 g/mol. The van der Waals surface area contributed by atoms with Crippen LogP contribution in [0.25, 0.3) is 0 Å². The molecule has 2 unspecified atom stereocenters. The molecule has 2 amide bonds. The monoisotopic (exact) mass is 298 g/mol. The van der Waals surface area contributed by atoms with E-state index in [9.17, 15) is 14.7 Å². The number of aliphatic carboxylic acids is 1. The molecule has 0 spiro atoms. The Balaban J connectivity index is 1.98. The van der Waals surface area contributed by atoms with Crippen molar-refractivity contribution in [1.82, 2.24) is 9.80 Å². The summed E-state index contributed by atoms with van der Waals surface area (Å²) in [5, 5.41) is 9.37. The number of carboxylic acids is 1. The first-order valence-corrected chi connectivity index (χ1v) is 7.66. The minimum Gasteiger partial charge on any atom is -0.481 e. The molecule has 0 radical (unpaired) electrons. The third-order valence-corrected chi connectivity index (χ3v) is 5.01. The van der Waals surface area contributed by atoms with Gasteiger partial charge in [-0.15, -0.1) is 0 Å². The number of piperidine rings is 1. The quantitative estimate of drug-likeness (QED) is 0.860. The SMILES string of the molecule is COC1CCN(C(=O)N2CCCC(C(C)(C)C(=O)O)C2)C1. The van der Waals surface area contributed by atoms with Crippen LogP contribution in [0.5, 0.6) is 0 Å². The summed E-state index contributed by atoms with van der Waals surface area (Å²) in [5.74, 6) is -0.782. The number of hydrogen-bond donors (Lipinski definition) is 1. The van der Waals surface area contributed by atoms with Gasteiger partial charge < -0.3 is 19.6 Å². The van der Waals surface area contributed by atoms with Crippen LogP contribution in [-0.2, 0) is 9.53 Å². The van der Waals surface area contributed by atoms with Crippen LogP contribution >= 0.6 is 0 Å². The van der Waals surface area contributed by atoms with Crippen molar-refractivity contribution in [3.63, 3.8) is 0 Å². The summed E-state index contributed by atoms with van der Waals surface area (Å²) in [6.45, 7) is 6.13. The molecule has 2 rings (SSSR count). The number of carbonyl (C=O) groups is 2. The molecule has 0 aromatic heterocycles. The zero-order valence-corrected chi connectivity index (χ0v) is 13.2. The van der Waals surface area contributed by atoms with Crippen LogP contribution in [0.3, 0.4) is 0 Å². The summed E-state index contributed by atoms with van der Waals surface area (Å²) in [6, 6.07) is 0.0282. The molecule has 1 N–H and O–H groups in total. The van der Waals surface area contributed by atoms with E-state index in [1.165, 1.54) is 0 Å². The molecule has 0 aromatic rings. The van der Waals surface area contributed by atoms with Gasteiger partial charge in [0, 0.05) is 33.3 Å². The largest absolute Gasteiger partial charge is 0.481 e. The summed E-state index contributed by atoms with van der Waals surface area (Å²) >= 11 is 0. The second kappa shape index (κ2) is 6.22. The van der Waals surface area contributed by atoms with Crippen molar-refractivity contribution in [3.8, 4) is 0 Å². The number of urea groups is 1. The number of rotatable bonds is 3. The smallest absolute Gasteiger partial charge is 0.320 e. The minimum atomic E-state index is -0.793. The number of hydrogen-bond acceptors (Lipinski definition) is 3. The molecule has 2 heterocycles. The summed E-state index contributed by atoms with van der Waals surface area (Å²) in [6.07, 6.45) is 2.74. The first-order chi connectivity index (χ1) is 9.86. The molecule has 2 aliphatic heterocycles. The second-order valence-electron chi connectivity index (χ2n) is 6.69. The van der Waals surface area contributed by atoms with E-state index < -0.39 is 11.4 Å². The van der Waals surface area contributed by atoms with Gasteiger partial charge in [0.2, 0.25) is 0 Å². The number of methoxy groups -OCH3 is 1. The highest BCUT2D eigenvalue weighted by atomic mass is 16.5. The number of amides is 2. The average Bonchev–Trinajstić information content (AvgIpc) is 2.95. The van der Waals surface area contributed by atoms with Crippen molar-refractivity contribution in [1.29, 1.82) is 0 Å². The molecule has 2 fully saturated rings. The Morgan fingerprint density at radius 3 is 2.38 bits per heavy atom. The van der Waals surface area contributed by atoms with Crippen molar-refractivity contribution in [2.75, 3.05) is 33.3 Å². The zero-order chi connectivity index (χ0) is 15.6. The third-order valence-electron chi connectivity index (χ3n) is 5.01. The highest BCUT2D eigenvalue weighted by Crippen LogP contribution is 2.34. The predicted molar refractivity (Wildman–Crippen MR) is 78.1 cm³/mol. The maximum atomic E-state index is 12.6. The lowest BCUT2D eigenvalue weighted by Gasteiger charge is -2.40. The van der Waals surface area contributed by atoms with Crippen molar-refractivity contribution in [2.24, 2.45) is 11.3 Å². The molecule has 0 aromatic carbocycles. The third kappa shape index (κ3) is 3.31.